The second-order valence-electron chi connectivity index (χ2n) is 1.45. The van der Waals surface area contributed by atoms with Crippen LogP contribution in [-0.2, 0) is 9.53 Å². The number of azide groups is 1. The lowest BCUT2D eigenvalue weighted by molar-refractivity contribution is -0.149. The smallest absolute Gasteiger partial charge is 0.334 e. The van der Waals surface area contributed by atoms with Gasteiger partial charge in [-0.1, -0.05) is 5.11 Å². The van der Waals surface area contributed by atoms with E-state index in [0.717, 1.165) is 7.11 Å². The van der Waals surface area contributed by atoms with E-state index >= 15 is 0 Å². The van der Waals surface area contributed by atoms with Crippen LogP contribution in [-0.4, -0.2) is 30.8 Å². The van der Waals surface area contributed by atoms with Gasteiger partial charge in [-0.15, -0.1) is 0 Å². The van der Waals surface area contributed by atoms with Crippen molar-refractivity contribution < 1.29 is 14.6 Å². The molecule has 6 nitrogen and oxygen atoms in total. The van der Waals surface area contributed by atoms with Crippen LogP contribution in [0.5, 0.6) is 0 Å². The van der Waals surface area contributed by atoms with E-state index in [9.17, 15) is 4.79 Å². The standard InChI is InChI=1S/C4H7N3O3/c1-10-4(9)3(8)2-6-7-5/h3,8H,2H2,1H3/t3-/m0/s1. The Kier molecular flexibility index (Phi) is 4.02. The van der Waals surface area contributed by atoms with Crippen LogP contribution in [0.4, 0.5) is 0 Å². The molecule has 10 heavy (non-hydrogen) atoms. The topological polar surface area (TPSA) is 95.3 Å². The Balaban J connectivity index is 3.72. The van der Waals surface area contributed by atoms with Crippen LogP contribution in [0, 0.1) is 0 Å². The molecule has 0 aliphatic heterocycles. The maximum atomic E-state index is 10.4. The van der Waals surface area contributed by atoms with E-state index < -0.39 is 12.1 Å². The number of carbonyl (C=O) groups excluding carboxylic acids is 1. The van der Waals surface area contributed by atoms with Crippen LogP contribution in [0.2, 0.25) is 0 Å². The highest BCUT2D eigenvalue weighted by molar-refractivity contribution is 5.74. The molecule has 0 aromatic carbocycles. The first kappa shape index (κ1) is 8.74. The molecule has 0 fully saturated rings. The summed E-state index contributed by atoms with van der Waals surface area (Å²) in [5, 5.41) is 11.7. The normalized spacial score (nSPS) is 11.4. The van der Waals surface area contributed by atoms with Gasteiger partial charge in [-0.2, -0.15) is 0 Å². The SMILES string of the molecule is COC(=O)[C@@H](O)CN=[N+]=[N-]. The van der Waals surface area contributed by atoms with Crippen molar-refractivity contribution in [3.05, 3.63) is 10.4 Å². The minimum absolute atomic E-state index is 0.289. The van der Waals surface area contributed by atoms with Crippen molar-refractivity contribution in [2.24, 2.45) is 5.11 Å². The van der Waals surface area contributed by atoms with Crippen molar-refractivity contribution in [3.63, 3.8) is 0 Å². The number of esters is 1. The Bertz CT molecular complexity index is 163. The molecule has 0 aromatic rings. The second kappa shape index (κ2) is 4.60. The molecule has 0 amide bonds. The van der Waals surface area contributed by atoms with Crippen LogP contribution >= 0.6 is 0 Å². The Morgan fingerprint density at radius 2 is 2.60 bits per heavy atom. The molecule has 0 bridgehead atoms. The molecule has 0 aliphatic rings. The molecule has 0 aromatic heterocycles. The summed E-state index contributed by atoms with van der Waals surface area (Å²) in [5.74, 6) is -0.799. The summed E-state index contributed by atoms with van der Waals surface area (Å²) in [6.07, 6.45) is -1.35. The molecular formula is C4H7N3O3. The minimum atomic E-state index is -1.35. The Hall–Kier alpha value is -1.26. The Morgan fingerprint density at radius 3 is 3.00 bits per heavy atom. The first-order valence-electron chi connectivity index (χ1n) is 2.49. The fourth-order valence-electron chi connectivity index (χ4n) is 0.324. The fourth-order valence-corrected chi connectivity index (χ4v) is 0.324. The monoisotopic (exact) mass is 145 g/mol. The van der Waals surface area contributed by atoms with Gasteiger partial charge in [0, 0.05) is 4.91 Å². The summed E-state index contributed by atoms with van der Waals surface area (Å²) in [4.78, 5) is 12.7. The lowest BCUT2D eigenvalue weighted by atomic mass is 10.4. The summed E-state index contributed by atoms with van der Waals surface area (Å²) < 4.78 is 4.14. The van der Waals surface area contributed by atoms with Crippen LogP contribution in [0.3, 0.4) is 0 Å². The summed E-state index contributed by atoms with van der Waals surface area (Å²) in [6.45, 7) is -0.289. The lowest BCUT2D eigenvalue weighted by Crippen LogP contribution is -2.24. The second-order valence-corrected chi connectivity index (χ2v) is 1.45. The quantitative estimate of drug-likeness (QED) is 0.258. The predicted molar refractivity (Wildman–Crippen MR) is 32.0 cm³/mol. The largest absolute Gasteiger partial charge is 0.467 e. The fraction of sp³-hybridized carbons (Fsp3) is 0.750. The highest BCUT2D eigenvalue weighted by Gasteiger charge is 2.12. The Morgan fingerprint density at radius 1 is 2.00 bits per heavy atom. The van der Waals surface area contributed by atoms with Crippen molar-refractivity contribution >= 4 is 5.97 Å². The molecule has 0 aliphatic carbocycles. The molecule has 0 rings (SSSR count). The minimum Gasteiger partial charge on any atom is -0.467 e. The molecule has 0 spiro atoms. The zero-order chi connectivity index (χ0) is 7.98. The van der Waals surface area contributed by atoms with E-state index in [1.165, 1.54) is 0 Å². The zero-order valence-electron chi connectivity index (χ0n) is 5.39. The summed E-state index contributed by atoms with van der Waals surface area (Å²) in [5.41, 5.74) is 7.76. The first-order chi connectivity index (χ1) is 4.72. The van der Waals surface area contributed by atoms with Crippen molar-refractivity contribution in [1.29, 1.82) is 0 Å². The number of aliphatic hydroxyl groups is 1. The Labute approximate surface area is 57.0 Å². The van der Waals surface area contributed by atoms with Gasteiger partial charge in [0.1, 0.15) is 0 Å². The first-order valence-corrected chi connectivity index (χ1v) is 2.49. The third-order valence-electron chi connectivity index (χ3n) is 0.791. The maximum absolute atomic E-state index is 10.4. The molecule has 0 heterocycles. The van der Waals surface area contributed by atoms with E-state index in [2.05, 4.69) is 14.8 Å². The molecule has 56 valence electrons. The predicted octanol–water partition coefficient (Wildman–Crippen LogP) is -0.169. The third kappa shape index (κ3) is 2.91. The average Bonchev–Trinajstić information content (AvgIpc) is 1.98. The van der Waals surface area contributed by atoms with Gasteiger partial charge in [0.05, 0.1) is 13.7 Å². The average molecular weight is 145 g/mol. The number of rotatable bonds is 3. The van der Waals surface area contributed by atoms with Gasteiger partial charge in [-0.3, -0.25) is 0 Å². The van der Waals surface area contributed by atoms with Crippen molar-refractivity contribution in [1.82, 2.24) is 0 Å². The van der Waals surface area contributed by atoms with E-state index in [1.807, 2.05) is 0 Å². The number of hydrogen-bond acceptors (Lipinski definition) is 4. The van der Waals surface area contributed by atoms with Crippen LogP contribution in [0.1, 0.15) is 0 Å². The highest BCUT2D eigenvalue weighted by atomic mass is 16.5. The molecule has 1 atom stereocenters. The number of carbonyl (C=O) groups is 1. The van der Waals surface area contributed by atoms with E-state index in [-0.39, 0.29) is 6.54 Å². The van der Waals surface area contributed by atoms with Crippen molar-refractivity contribution in [3.8, 4) is 0 Å². The molecular weight excluding hydrogens is 138 g/mol. The van der Waals surface area contributed by atoms with Gasteiger partial charge in [-0.05, 0) is 5.53 Å². The number of ether oxygens (including phenoxy) is 1. The van der Waals surface area contributed by atoms with Crippen molar-refractivity contribution in [2.75, 3.05) is 13.7 Å². The highest BCUT2D eigenvalue weighted by Crippen LogP contribution is 1.87. The lowest BCUT2D eigenvalue weighted by Gasteiger charge is -2.02. The van der Waals surface area contributed by atoms with E-state index in [0.29, 0.717) is 0 Å². The number of methoxy groups -OCH3 is 1. The molecule has 0 radical (unpaired) electrons. The molecule has 0 unspecified atom stereocenters. The van der Waals surface area contributed by atoms with Crippen LogP contribution < -0.4 is 0 Å². The van der Waals surface area contributed by atoms with Crippen LogP contribution in [0.25, 0.3) is 10.4 Å². The van der Waals surface area contributed by atoms with Gasteiger partial charge < -0.3 is 9.84 Å². The van der Waals surface area contributed by atoms with Gasteiger partial charge >= 0.3 is 5.97 Å². The number of nitrogens with zero attached hydrogens (tertiary/aromatic N) is 3. The molecule has 6 heteroatoms. The number of hydrogen-bond donors (Lipinski definition) is 1. The van der Waals surface area contributed by atoms with Crippen molar-refractivity contribution in [2.45, 2.75) is 6.10 Å². The summed E-state index contributed by atoms with van der Waals surface area (Å²) in [6, 6.07) is 0. The zero-order valence-corrected chi connectivity index (χ0v) is 5.39. The summed E-state index contributed by atoms with van der Waals surface area (Å²) >= 11 is 0. The number of aliphatic hydroxyl groups excluding tert-OH is 1. The molecule has 0 saturated heterocycles. The van der Waals surface area contributed by atoms with Gasteiger partial charge in [0.15, 0.2) is 6.10 Å². The van der Waals surface area contributed by atoms with Crippen LogP contribution in [0.15, 0.2) is 5.11 Å². The van der Waals surface area contributed by atoms with Gasteiger partial charge in [0.25, 0.3) is 0 Å². The third-order valence-corrected chi connectivity index (χ3v) is 0.791. The molecule has 0 saturated carbocycles. The maximum Gasteiger partial charge on any atom is 0.334 e. The molecule has 1 N–H and O–H groups in total. The van der Waals surface area contributed by atoms with E-state index in [1.54, 1.807) is 0 Å². The van der Waals surface area contributed by atoms with Gasteiger partial charge in [0.2, 0.25) is 0 Å². The van der Waals surface area contributed by atoms with E-state index in [4.69, 9.17) is 10.6 Å². The van der Waals surface area contributed by atoms with Gasteiger partial charge in [-0.25, -0.2) is 4.79 Å². The summed E-state index contributed by atoms with van der Waals surface area (Å²) in [7, 11) is 1.14.